The largest absolute Gasteiger partial charge is 0.491 e. The number of ether oxygens (including phenoxy) is 1. The molecule has 0 atom stereocenters. The number of hydrogen-bond donors (Lipinski definition) is 1. The van der Waals surface area contributed by atoms with Crippen molar-refractivity contribution in [1.82, 2.24) is 9.62 Å². The number of rotatable bonds is 7. The summed E-state index contributed by atoms with van der Waals surface area (Å²) >= 11 is 6.19. The van der Waals surface area contributed by atoms with Crippen LogP contribution in [0.5, 0.6) is 5.75 Å². The number of piperidine rings is 1. The minimum Gasteiger partial charge on any atom is -0.491 e. The summed E-state index contributed by atoms with van der Waals surface area (Å²) in [6, 6.07) is 10.2. The van der Waals surface area contributed by atoms with Crippen molar-refractivity contribution in [2.75, 3.05) is 26.2 Å². The third kappa shape index (κ3) is 5.79. The molecule has 0 saturated carbocycles. The Morgan fingerprint density at radius 1 is 1.16 bits per heavy atom. The lowest BCUT2D eigenvalue weighted by atomic mass is 10.0. The first kappa shape index (κ1) is 23.6. The number of carbonyl (C=O) groups excluding carboxylic acids is 1. The number of amides is 1. The van der Waals surface area contributed by atoms with Gasteiger partial charge in [0.15, 0.2) is 0 Å². The molecular formula is C23H29ClN2O4S. The molecule has 31 heavy (non-hydrogen) atoms. The van der Waals surface area contributed by atoms with Crippen LogP contribution in [0.1, 0.15) is 41.3 Å². The summed E-state index contributed by atoms with van der Waals surface area (Å²) in [7, 11) is -3.66. The van der Waals surface area contributed by atoms with Gasteiger partial charge in [-0.3, -0.25) is 4.79 Å². The average molecular weight is 465 g/mol. The zero-order valence-electron chi connectivity index (χ0n) is 18.2. The molecule has 3 rings (SSSR count). The maximum Gasteiger partial charge on any atom is 0.252 e. The van der Waals surface area contributed by atoms with E-state index in [0.717, 1.165) is 29.7 Å². The highest BCUT2D eigenvalue weighted by Gasteiger charge is 2.29. The number of hydrogen-bond acceptors (Lipinski definition) is 4. The Balaban J connectivity index is 1.64. The van der Waals surface area contributed by atoms with E-state index in [1.165, 1.54) is 22.5 Å². The third-order valence-electron chi connectivity index (χ3n) is 5.55. The van der Waals surface area contributed by atoms with Gasteiger partial charge in [0.05, 0.1) is 22.0 Å². The molecule has 0 bridgehead atoms. The van der Waals surface area contributed by atoms with E-state index in [9.17, 15) is 13.2 Å². The van der Waals surface area contributed by atoms with Crippen molar-refractivity contribution >= 4 is 27.5 Å². The molecule has 168 valence electrons. The van der Waals surface area contributed by atoms with E-state index < -0.39 is 15.9 Å². The molecule has 2 aromatic carbocycles. The minimum absolute atomic E-state index is 0.0863. The summed E-state index contributed by atoms with van der Waals surface area (Å²) in [5.41, 5.74) is 2.25. The Morgan fingerprint density at radius 3 is 2.58 bits per heavy atom. The Kier molecular flexibility index (Phi) is 7.62. The van der Waals surface area contributed by atoms with Crippen LogP contribution >= 0.6 is 11.6 Å². The van der Waals surface area contributed by atoms with Gasteiger partial charge in [-0.05, 0) is 68.0 Å². The number of nitrogens with one attached hydrogen (secondary N) is 1. The molecule has 1 fully saturated rings. The van der Waals surface area contributed by atoms with Crippen LogP contribution in [-0.2, 0) is 10.0 Å². The van der Waals surface area contributed by atoms with E-state index in [1.807, 2.05) is 32.0 Å². The van der Waals surface area contributed by atoms with E-state index >= 15 is 0 Å². The van der Waals surface area contributed by atoms with Crippen molar-refractivity contribution in [2.45, 2.75) is 38.5 Å². The predicted octanol–water partition coefficient (Wildman–Crippen LogP) is 4.19. The van der Waals surface area contributed by atoms with E-state index in [0.29, 0.717) is 19.0 Å². The minimum atomic E-state index is -3.66. The lowest BCUT2D eigenvalue weighted by Crippen LogP contribution is -2.38. The monoisotopic (exact) mass is 464 g/mol. The highest BCUT2D eigenvalue weighted by molar-refractivity contribution is 7.89. The van der Waals surface area contributed by atoms with Crippen molar-refractivity contribution in [1.29, 1.82) is 0 Å². The van der Waals surface area contributed by atoms with Crippen molar-refractivity contribution in [3.63, 3.8) is 0 Å². The smallest absolute Gasteiger partial charge is 0.252 e. The summed E-state index contributed by atoms with van der Waals surface area (Å²) in [5, 5.41) is 2.96. The third-order valence-corrected chi connectivity index (χ3v) is 7.78. The van der Waals surface area contributed by atoms with Gasteiger partial charge in [-0.2, -0.15) is 4.31 Å². The molecule has 2 aromatic rings. The fourth-order valence-corrected chi connectivity index (χ4v) is 5.20. The molecule has 1 amide bonds. The molecular weight excluding hydrogens is 436 g/mol. The zero-order valence-corrected chi connectivity index (χ0v) is 19.7. The fourth-order valence-electron chi connectivity index (χ4n) is 3.50. The Hall–Kier alpha value is -2.09. The van der Waals surface area contributed by atoms with Gasteiger partial charge in [0.25, 0.3) is 5.91 Å². The first-order valence-corrected chi connectivity index (χ1v) is 12.3. The van der Waals surface area contributed by atoms with Crippen LogP contribution in [0.25, 0.3) is 0 Å². The molecule has 1 saturated heterocycles. The van der Waals surface area contributed by atoms with Crippen LogP contribution < -0.4 is 10.1 Å². The lowest BCUT2D eigenvalue weighted by Gasteiger charge is -2.29. The Labute approximate surface area is 189 Å². The number of nitrogens with zero attached hydrogens (tertiary/aromatic N) is 1. The molecule has 0 radical (unpaired) electrons. The molecule has 1 aliphatic rings. The number of sulfonamides is 1. The molecule has 1 aliphatic heterocycles. The van der Waals surface area contributed by atoms with Crippen LogP contribution in [0.3, 0.4) is 0 Å². The number of aryl methyl sites for hydroxylation is 2. The van der Waals surface area contributed by atoms with E-state index in [-0.39, 0.29) is 28.6 Å². The fraction of sp³-hybridized carbons (Fsp3) is 0.435. The predicted molar refractivity (Wildman–Crippen MR) is 122 cm³/mol. The van der Waals surface area contributed by atoms with Crippen LogP contribution in [-0.4, -0.2) is 44.9 Å². The summed E-state index contributed by atoms with van der Waals surface area (Å²) in [4.78, 5) is 12.7. The van der Waals surface area contributed by atoms with E-state index in [4.69, 9.17) is 16.3 Å². The van der Waals surface area contributed by atoms with Gasteiger partial charge >= 0.3 is 0 Å². The molecule has 1 heterocycles. The van der Waals surface area contributed by atoms with Gasteiger partial charge in [-0.1, -0.05) is 30.7 Å². The zero-order chi connectivity index (χ0) is 22.6. The van der Waals surface area contributed by atoms with Gasteiger partial charge in [0, 0.05) is 13.1 Å². The second-order valence-corrected chi connectivity index (χ2v) is 10.4. The highest BCUT2D eigenvalue weighted by Crippen LogP contribution is 2.26. The summed E-state index contributed by atoms with van der Waals surface area (Å²) in [5.74, 6) is 0.860. The second-order valence-electron chi connectivity index (χ2n) is 8.10. The highest BCUT2D eigenvalue weighted by atomic mass is 35.5. The molecule has 6 nitrogen and oxygen atoms in total. The molecule has 0 spiro atoms. The van der Waals surface area contributed by atoms with Crippen LogP contribution in [0.2, 0.25) is 5.02 Å². The van der Waals surface area contributed by atoms with Crippen molar-refractivity contribution in [3.05, 3.63) is 58.1 Å². The second kappa shape index (κ2) is 10.0. The Bertz CT molecular complexity index is 1050. The topological polar surface area (TPSA) is 75.7 Å². The first-order chi connectivity index (χ1) is 14.7. The van der Waals surface area contributed by atoms with E-state index in [1.54, 1.807) is 0 Å². The number of carbonyl (C=O) groups is 1. The molecule has 0 aromatic heterocycles. The standard InChI is InChI=1S/C23H29ClN2O4S/c1-16-8-11-26(12-9-16)31(28,29)19-6-7-21(24)20(15-19)23(27)25-10-13-30-22-14-17(2)4-5-18(22)3/h4-7,14-16H,8-13H2,1-3H3,(H,25,27). The van der Waals surface area contributed by atoms with Gasteiger partial charge in [-0.25, -0.2) is 8.42 Å². The normalized spacial score (nSPS) is 15.6. The maximum atomic E-state index is 13.0. The lowest BCUT2D eigenvalue weighted by molar-refractivity contribution is 0.0947. The maximum absolute atomic E-state index is 13.0. The summed E-state index contributed by atoms with van der Waals surface area (Å²) in [6.07, 6.45) is 1.67. The number of benzene rings is 2. The van der Waals surface area contributed by atoms with Crippen LogP contribution in [0.4, 0.5) is 0 Å². The van der Waals surface area contributed by atoms with Gasteiger partial charge in [-0.15, -0.1) is 0 Å². The van der Waals surface area contributed by atoms with Crippen LogP contribution in [0, 0.1) is 19.8 Å². The molecule has 0 unspecified atom stereocenters. The molecule has 8 heteroatoms. The van der Waals surface area contributed by atoms with Gasteiger partial charge < -0.3 is 10.1 Å². The SMILES string of the molecule is Cc1ccc(C)c(OCCNC(=O)c2cc(S(=O)(=O)N3CCC(C)CC3)ccc2Cl)c1. The van der Waals surface area contributed by atoms with E-state index in [2.05, 4.69) is 12.2 Å². The average Bonchev–Trinajstić information content (AvgIpc) is 2.74. The quantitative estimate of drug-likeness (QED) is 0.623. The molecule has 0 aliphatic carbocycles. The van der Waals surface area contributed by atoms with Crippen molar-refractivity contribution in [3.8, 4) is 5.75 Å². The van der Waals surface area contributed by atoms with Crippen LogP contribution in [0.15, 0.2) is 41.3 Å². The molecule has 1 N–H and O–H groups in total. The summed E-state index contributed by atoms with van der Waals surface area (Å²) in [6.45, 7) is 7.61. The van der Waals surface area contributed by atoms with Crippen molar-refractivity contribution in [2.24, 2.45) is 5.92 Å². The first-order valence-electron chi connectivity index (χ1n) is 10.5. The van der Waals surface area contributed by atoms with Gasteiger partial charge in [0.2, 0.25) is 10.0 Å². The Morgan fingerprint density at radius 2 is 1.87 bits per heavy atom. The van der Waals surface area contributed by atoms with Crippen molar-refractivity contribution < 1.29 is 17.9 Å². The number of halogens is 1. The summed E-state index contributed by atoms with van der Waals surface area (Å²) < 4.78 is 33.2. The van der Waals surface area contributed by atoms with Gasteiger partial charge in [0.1, 0.15) is 12.4 Å².